The minimum atomic E-state index is -3.46. The van der Waals surface area contributed by atoms with E-state index in [-0.39, 0.29) is 12.1 Å². The van der Waals surface area contributed by atoms with Crippen LogP contribution in [0.15, 0.2) is 33.6 Å². The van der Waals surface area contributed by atoms with E-state index < -0.39 is 10.0 Å². The second-order valence-corrected chi connectivity index (χ2v) is 12.6. The summed E-state index contributed by atoms with van der Waals surface area (Å²) in [5, 5.41) is 9.23. The first-order valence-electron chi connectivity index (χ1n) is 12.6. The Hall–Kier alpha value is -0.510. The number of ether oxygens (including phenoxy) is 1. The molecule has 0 atom stereocenters. The molecule has 0 amide bonds. The van der Waals surface area contributed by atoms with Crippen LogP contribution in [-0.2, 0) is 14.8 Å². The molecule has 0 bridgehead atoms. The Labute approximate surface area is 208 Å². The molecular formula is C25H41BrN2O4S. The Kier molecular flexibility index (Phi) is 11.1. The average Bonchev–Trinajstić information content (AvgIpc) is 2.84. The van der Waals surface area contributed by atoms with E-state index in [2.05, 4.69) is 20.8 Å². The molecule has 1 aromatic rings. The largest absolute Gasteiger partial charge is 0.396 e. The van der Waals surface area contributed by atoms with E-state index in [4.69, 9.17) is 4.74 Å². The summed E-state index contributed by atoms with van der Waals surface area (Å²) in [4.78, 5) is 2.89. The summed E-state index contributed by atoms with van der Waals surface area (Å²) in [5.74, 6) is 0.518. The van der Waals surface area contributed by atoms with Crippen LogP contribution in [-0.4, -0.2) is 74.8 Å². The number of benzene rings is 1. The van der Waals surface area contributed by atoms with Gasteiger partial charge in [-0.2, -0.15) is 4.31 Å². The van der Waals surface area contributed by atoms with Gasteiger partial charge in [-0.15, -0.1) is 0 Å². The van der Waals surface area contributed by atoms with E-state index in [1.165, 1.54) is 25.8 Å². The van der Waals surface area contributed by atoms with Crippen molar-refractivity contribution in [3.63, 3.8) is 0 Å². The zero-order valence-electron chi connectivity index (χ0n) is 20.0. The van der Waals surface area contributed by atoms with Gasteiger partial charge in [0.05, 0.1) is 11.0 Å². The predicted molar refractivity (Wildman–Crippen MR) is 136 cm³/mol. The topological polar surface area (TPSA) is 70.1 Å². The molecule has 8 heteroatoms. The smallest absolute Gasteiger partial charge is 0.243 e. The summed E-state index contributed by atoms with van der Waals surface area (Å²) in [7, 11) is -1.75. The first kappa shape index (κ1) is 27.1. The molecule has 1 saturated heterocycles. The molecule has 2 fully saturated rings. The summed E-state index contributed by atoms with van der Waals surface area (Å²) < 4.78 is 34.4. The highest BCUT2D eigenvalue weighted by molar-refractivity contribution is 9.10. The number of hydrogen-bond acceptors (Lipinski definition) is 5. The number of piperidine rings is 1. The van der Waals surface area contributed by atoms with Crippen LogP contribution < -0.4 is 0 Å². The molecule has 1 aliphatic carbocycles. The van der Waals surface area contributed by atoms with Gasteiger partial charge in [-0.1, -0.05) is 28.8 Å². The van der Waals surface area contributed by atoms with E-state index in [1.54, 1.807) is 35.6 Å². The summed E-state index contributed by atoms with van der Waals surface area (Å²) in [5.41, 5.74) is 0. The number of halogens is 1. The molecule has 1 N–H and O–H groups in total. The summed E-state index contributed by atoms with van der Waals surface area (Å²) >= 11 is 3.36. The highest BCUT2D eigenvalue weighted by Crippen LogP contribution is 2.29. The molecule has 3 rings (SSSR count). The SMILES string of the molecule is CN([C@H]1CC[C@H](OCCCCCCN2CCC(CO)CC2)CC1)S(=O)(=O)c1ccc(Br)cc1. The van der Waals surface area contributed by atoms with Crippen molar-refractivity contribution in [1.29, 1.82) is 0 Å². The van der Waals surface area contributed by atoms with Crippen molar-refractivity contribution in [2.45, 2.75) is 81.2 Å². The molecule has 0 unspecified atom stereocenters. The summed E-state index contributed by atoms with van der Waals surface area (Å²) in [6.07, 6.45) is 10.9. The second kappa shape index (κ2) is 13.5. The molecule has 0 aromatic heterocycles. The normalized spacial score (nSPS) is 23.3. The molecule has 0 spiro atoms. The predicted octanol–water partition coefficient (Wildman–Crippen LogP) is 4.66. The van der Waals surface area contributed by atoms with Gasteiger partial charge in [-0.3, -0.25) is 0 Å². The second-order valence-electron chi connectivity index (χ2n) is 9.66. The molecular weight excluding hydrogens is 504 g/mol. The Morgan fingerprint density at radius 3 is 2.27 bits per heavy atom. The fourth-order valence-electron chi connectivity index (χ4n) is 4.98. The molecule has 1 heterocycles. The van der Waals surface area contributed by atoms with Crippen molar-refractivity contribution in [3.8, 4) is 0 Å². The Morgan fingerprint density at radius 2 is 1.64 bits per heavy atom. The number of aliphatic hydroxyl groups is 1. The van der Waals surface area contributed by atoms with Crippen LogP contribution in [0.4, 0.5) is 0 Å². The fraction of sp³-hybridized carbons (Fsp3) is 0.760. The lowest BCUT2D eigenvalue weighted by atomic mass is 9.93. The van der Waals surface area contributed by atoms with E-state index >= 15 is 0 Å². The van der Waals surface area contributed by atoms with Crippen molar-refractivity contribution >= 4 is 26.0 Å². The number of unbranched alkanes of at least 4 members (excludes halogenated alkanes) is 3. The van der Waals surface area contributed by atoms with Crippen molar-refractivity contribution in [3.05, 3.63) is 28.7 Å². The molecule has 188 valence electrons. The lowest BCUT2D eigenvalue weighted by molar-refractivity contribution is 0.0156. The third-order valence-electron chi connectivity index (χ3n) is 7.34. The molecule has 2 aliphatic rings. The molecule has 6 nitrogen and oxygen atoms in total. The Bertz CT molecular complexity index is 789. The van der Waals surface area contributed by atoms with Gasteiger partial charge in [0.15, 0.2) is 0 Å². The van der Waals surface area contributed by atoms with E-state index in [9.17, 15) is 13.5 Å². The number of hydrogen-bond donors (Lipinski definition) is 1. The maximum absolute atomic E-state index is 12.9. The van der Waals surface area contributed by atoms with Crippen molar-refractivity contribution in [2.24, 2.45) is 5.92 Å². The van der Waals surface area contributed by atoms with Crippen LogP contribution in [0.25, 0.3) is 0 Å². The van der Waals surface area contributed by atoms with Gasteiger partial charge in [0, 0.05) is 30.8 Å². The summed E-state index contributed by atoms with van der Waals surface area (Å²) in [6, 6.07) is 6.90. The number of aliphatic hydroxyl groups excluding tert-OH is 1. The van der Waals surface area contributed by atoms with Crippen LogP contribution in [0.1, 0.15) is 64.2 Å². The monoisotopic (exact) mass is 544 g/mol. The zero-order chi connectivity index (χ0) is 23.7. The molecule has 1 aliphatic heterocycles. The number of rotatable bonds is 12. The highest BCUT2D eigenvalue weighted by Gasteiger charge is 2.31. The van der Waals surface area contributed by atoms with Gasteiger partial charge < -0.3 is 14.7 Å². The highest BCUT2D eigenvalue weighted by atomic mass is 79.9. The van der Waals surface area contributed by atoms with Gasteiger partial charge in [-0.25, -0.2) is 8.42 Å². The number of likely N-dealkylation sites (tertiary alicyclic amines) is 1. The van der Waals surface area contributed by atoms with Gasteiger partial charge in [0.2, 0.25) is 10.0 Å². The fourth-order valence-corrected chi connectivity index (χ4v) is 6.66. The van der Waals surface area contributed by atoms with Crippen LogP contribution in [0.5, 0.6) is 0 Å². The van der Waals surface area contributed by atoms with Crippen LogP contribution in [0.3, 0.4) is 0 Å². The van der Waals surface area contributed by atoms with Crippen LogP contribution in [0, 0.1) is 5.92 Å². The van der Waals surface area contributed by atoms with Crippen molar-refractivity contribution in [2.75, 3.05) is 39.9 Å². The van der Waals surface area contributed by atoms with Crippen LogP contribution >= 0.6 is 15.9 Å². The van der Waals surface area contributed by atoms with Gasteiger partial charge in [-0.05, 0) is 101 Å². The minimum Gasteiger partial charge on any atom is -0.396 e. The first-order valence-corrected chi connectivity index (χ1v) is 14.8. The molecule has 1 aromatic carbocycles. The molecule has 33 heavy (non-hydrogen) atoms. The number of nitrogens with zero attached hydrogens (tertiary/aromatic N) is 2. The van der Waals surface area contributed by atoms with Gasteiger partial charge >= 0.3 is 0 Å². The maximum Gasteiger partial charge on any atom is 0.243 e. The summed E-state index contributed by atoms with van der Waals surface area (Å²) in [6.45, 7) is 4.61. The quantitative estimate of drug-likeness (QED) is 0.387. The van der Waals surface area contributed by atoms with E-state index in [1.807, 2.05) is 0 Å². The standard InChI is InChI=1S/C25H41BrN2O4S/c1-27(33(30,31)25-12-6-22(26)7-13-25)23-8-10-24(11-9-23)32-19-5-3-2-4-16-28-17-14-21(20-29)15-18-28/h6-7,12-13,21,23-24,29H,2-5,8-11,14-20H2,1H3/t23-,24-. The Morgan fingerprint density at radius 1 is 1.00 bits per heavy atom. The van der Waals surface area contributed by atoms with Crippen LogP contribution in [0.2, 0.25) is 0 Å². The lowest BCUT2D eigenvalue weighted by Gasteiger charge is -2.34. The lowest BCUT2D eigenvalue weighted by Crippen LogP contribution is -2.40. The number of sulfonamides is 1. The van der Waals surface area contributed by atoms with Gasteiger partial charge in [0.25, 0.3) is 0 Å². The molecule has 0 radical (unpaired) electrons. The van der Waals surface area contributed by atoms with Crippen molar-refractivity contribution < 1.29 is 18.3 Å². The van der Waals surface area contributed by atoms with E-state index in [0.29, 0.717) is 17.4 Å². The maximum atomic E-state index is 12.9. The van der Waals surface area contributed by atoms with Crippen molar-refractivity contribution in [1.82, 2.24) is 9.21 Å². The minimum absolute atomic E-state index is 0.0425. The zero-order valence-corrected chi connectivity index (χ0v) is 22.4. The third kappa shape index (κ3) is 8.29. The Balaban J connectivity index is 1.25. The third-order valence-corrected chi connectivity index (χ3v) is 9.79. The molecule has 1 saturated carbocycles. The first-order chi connectivity index (χ1) is 15.9. The van der Waals surface area contributed by atoms with E-state index in [0.717, 1.165) is 69.1 Å². The van der Waals surface area contributed by atoms with Gasteiger partial charge in [0.1, 0.15) is 0 Å². The average molecular weight is 546 g/mol.